The maximum atomic E-state index is 12.3. The molecule has 0 spiro atoms. The minimum absolute atomic E-state index is 0.00987. The Morgan fingerprint density at radius 1 is 0.463 bits per heavy atom. The second-order valence-electron chi connectivity index (χ2n) is 13.6. The second-order valence-corrected chi connectivity index (χ2v) is 13.6. The van der Waals surface area contributed by atoms with Crippen molar-refractivity contribution in [2.45, 2.75) is 148 Å². The SMILES string of the molecule is CC(=O)COCCOCCCNC(=O)COCCOCCNC(=O)CCC(NC(=O)CCCCCCCCCCCCCCCCCCC(=O)O)C(=O)O. The number of ketones is 1. The van der Waals surface area contributed by atoms with Crippen molar-refractivity contribution in [3.63, 3.8) is 0 Å². The highest BCUT2D eigenvalue weighted by Gasteiger charge is 2.20. The van der Waals surface area contributed by atoms with Gasteiger partial charge < -0.3 is 45.1 Å². The van der Waals surface area contributed by atoms with Crippen LogP contribution in [0.4, 0.5) is 0 Å². The van der Waals surface area contributed by atoms with Crippen LogP contribution < -0.4 is 16.0 Å². The molecule has 0 saturated heterocycles. The molecule has 5 N–H and O–H groups in total. The van der Waals surface area contributed by atoms with E-state index in [4.69, 9.17) is 24.1 Å². The van der Waals surface area contributed by atoms with E-state index in [9.17, 15) is 33.9 Å². The molecule has 3 amide bonds. The number of ether oxygens (including phenoxy) is 4. The number of rotatable bonds is 41. The zero-order chi connectivity index (χ0) is 39.9. The van der Waals surface area contributed by atoms with Crippen molar-refractivity contribution >= 4 is 35.4 Å². The molecule has 15 nitrogen and oxygen atoms in total. The molecule has 0 radical (unpaired) electrons. The summed E-state index contributed by atoms with van der Waals surface area (Å²) in [5.41, 5.74) is 0. The standard InChI is InChI=1S/C39H71N3O12/c1-33(43)31-53-29-27-51-25-18-23-40-37(46)32-54-30-28-52-26-24-41-35(44)22-21-34(39(49)50)42-36(45)19-16-14-12-10-8-6-4-2-3-5-7-9-11-13-15-17-20-38(47)48/h34H,2-32H2,1H3,(H,40,46)(H,41,44)(H,42,45)(H,47,48)(H,49,50). The van der Waals surface area contributed by atoms with E-state index in [1.165, 1.54) is 64.7 Å². The number of carboxylic acid groups (broad SMARTS) is 2. The van der Waals surface area contributed by atoms with Gasteiger partial charge in [-0.25, -0.2) is 4.79 Å². The smallest absolute Gasteiger partial charge is 0.326 e. The van der Waals surface area contributed by atoms with Gasteiger partial charge in [0.2, 0.25) is 17.7 Å². The van der Waals surface area contributed by atoms with Gasteiger partial charge >= 0.3 is 11.9 Å². The predicted octanol–water partition coefficient (Wildman–Crippen LogP) is 4.72. The lowest BCUT2D eigenvalue weighted by molar-refractivity contribution is -0.142. The van der Waals surface area contributed by atoms with Gasteiger partial charge in [0.25, 0.3) is 0 Å². The molecule has 0 aliphatic rings. The third-order valence-corrected chi connectivity index (χ3v) is 8.48. The van der Waals surface area contributed by atoms with E-state index in [-0.39, 0.29) is 88.8 Å². The first-order valence-corrected chi connectivity index (χ1v) is 20.2. The average molecular weight is 774 g/mol. The number of carbonyl (C=O) groups is 6. The summed E-state index contributed by atoms with van der Waals surface area (Å²) in [7, 11) is 0. The average Bonchev–Trinajstić information content (AvgIpc) is 3.12. The number of unbranched alkanes of at least 4 members (excludes halogenated alkanes) is 15. The lowest BCUT2D eigenvalue weighted by Gasteiger charge is -2.14. The molecule has 1 atom stereocenters. The Bertz CT molecular complexity index is 998. The Balaban J connectivity index is 3.63. The Morgan fingerprint density at radius 2 is 0.926 bits per heavy atom. The molecule has 0 aliphatic carbocycles. The van der Waals surface area contributed by atoms with Crippen LogP contribution in [-0.4, -0.2) is 118 Å². The summed E-state index contributed by atoms with van der Waals surface area (Å²) in [6.07, 6.45) is 19.1. The first kappa shape index (κ1) is 50.9. The first-order chi connectivity index (χ1) is 26.1. The summed E-state index contributed by atoms with van der Waals surface area (Å²) in [5, 5.41) is 26.1. The molecule has 0 saturated carbocycles. The number of carboxylic acids is 2. The van der Waals surface area contributed by atoms with Gasteiger partial charge in [-0.3, -0.25) is 24.0 Å². The quantitative estimate of drug-likeness (QED) is 0.0534. The van der Waals surface area contributed by atoms with Crippen molar-refractivity contribution in [2.24, 2.45) is 0 Å². The number of hydrogen-bond acceptors (Lipinski definition) is 10. The molecule has 0 heterocycles. The highest BCUT2D eigenvalue weighted by atomic mass is 16.5. The van der Waals surface area contributed by atoms with Gasteiger partial charge in [-0.2, -0.15) is 0 Å². The van der Waals surface area contributed by atoms with Crippen molar-refractivity contribution in [3.05, 3.63) is 0 Å². The van der Waals surface area contributed by atoms with Crippen LogP contribution in [0.1, 0.15) is 142 Å². The maximum Gasteiger partial charge on any atom is 0.326 e. The number of hydrogen-bond donors (Lipinski definition) is 5. The van der Waals surface area contributed by atoms with Gasteiger partial charge in [0, 0.05) is 39.0 Å². The fourth-order valence-corrected chi connectivity index (χ4v) is 5.46. The zero-order valence-electron chi connectivity index (χ0n) is 33.0. The van der Waals surface area contributed by atoms with E-state index >= 15 is 0 Å². The van der Waals surface area contributed by atoms with Gasteiger partial charge in [-0.1, -0.05) is 89.9 Å². The highest BCUT2D eigenvalue weighted by molar-refractivity contribution is 5.84. The number of nitrogens with one attached hydrogen (secondary N) is 3. The van der Waals surface area contributed by atoms with Gasteiger partial charge in [0.05, 0.1) is 33.0 Å². The summed E-state index contributed by atoms with van der Waals surface area (Å²) in [4.78, 5) is 69.1. The van der Waals surface area contributed by atoms with Gasteiger partial charge in [-0.05, 0) is 32.6 Å². The van der Waals surface area contributed by atoms with Gasteiger partial charge in [0.15, 0.2) is 5.78 Å². The molecule has 0 aromatic rings. The number of aliphatic carboxylic acids is 2. The van der Waals surface area contributed by atoms with Gasteiger partial charge in [0.1, 0.15) is 19.3 Å². The molecule has 0 fully saturated rings. The molecule has 15 heteroatoms. The molecule has 0 aliphatic heterocycles. The van der Waals surface area contributed by atoms with Crippen molar-refractivity contribution in [2.75, 3.05) is 65.9 Å². The molecular weight excluding hydrogens is 702 g/mol. The van der Waals surface area contributed by atoms with Crippen molar-refractivity contribution in [1.29, 1.82) is 0 Å². The van der Waals surface area contributed by atoms with E-state index in [2.05, 4.69) is 16.0 Å². The maximum absolute atomic E-state index is 12.3. The molecule has 0 rings (SSSR count). The highest BCUT2D eigenvalue weighted by Crippen LogP contribution is 2.14. The van der Waals surface area contributed by atoms with E-state index in [0.717, 1.165) is 38.5 Å². The summed E-state index contributed by atoms with van der Waals surface area (Å²) >= 11 is 0. The van der Waals surface area contributed by atoms with Crippen LogP contribution in [0.2, 0.25) is 0 Å². The normalized spacial score (nSPS) is 11.6. The van der Waals surface area contributed by atoms with Crippen LogP contribution in [0.3, 0.4) is 0 Å². The van der Waals surface area contributed by atoms with Crippen molar-refractivity contribution in [1.82, 2.24) is 16.0 Å². The summed E-state index contributed by atoms with van der Waals surface area (Å²) in [6.45, 7) is 3.95. The topological polar surface area (TPSA) is 216 Å². The third-order valence-electron chi connectivity index (χ3n) is 8.48. The van der Waals surface area contributed by atoms with Crippen molar-refractivity contribution in [3.8, 4) is 0 Å². The Labute approximate surface area is 322 Å². The lowest BCUT2D eigenvalue weighted by atomic mass is 10.0. The van der Waals surface area contributed by atoms with Crippen LogP contribution in [0, 0.1) is 0 Å². The largest absolute Gasteiger partial charge is 0.481 e. The second kappa shape index (κ2) is 38.1. The van der Waals surface area contributed by atoms with Gasteiger partial charge in [-0.15, -0.1) is 0 Å². The van der Waals surface area contributed by atoms with E-state index in [1.54, 1.807) is 0 Å². The monoisotopic (exact) mass is 774 g/mol. The van der Waals surface area contributed by atoms with Crippen LogP contribution in [0.25, 0.3) is 0 Å². The lowest BCUT2D eigenvalue weighted by Crippen LogP contribution is -2.41. The summed E-state index contributed by atoms with van der Waals surface area (Å²) in [5.74, 6) is -2.82. The van der Waals surface area contributed by atoms with Crippen LogP contribution >= 0.6 is 0 Å². The third kappa shape index (κ3) is 38.6. The van der Waals surface area contributed by atoms with Crippen molar-refractivity contribution < 1.29 is 57.9 Å². The molecule has 314 valence electrons. The summed E-state index contributed by atoms with van der Waals surface area (Å²) < 4.78 is 21.1. The Hall–Kier alpha value is -3.14. The first-order valence-electron chi connectivity index (χ1n) is 20.2. The van der Waals surface area contributed by atoms with E-state index < -0.39 is 18.0 Å². The van der Waals surface area contributed by atoms with Crippen LogP contribution in [-0.2, 0) is 47.7 Å². The molecular formula is C39H71N3O12. The Kier molecular flexibility index (Phi) is 35.9. The Morgan fingerprint density at radius 3 is 1.44 bits per heavy atom. The minimum Gasteiger partial charge on any atom is -0.481 e. The summed E-state index contributed by atoms with van der Waals surface area (Å²) in [6, 6.07) is -1.12. The fourth-order valence-electron chi connectivity index (χ4n) is 5.46. The molecule has 0 aromatic heterocycles. The minimum atomic E-state index is -1.17. The number of Topliss-reactive ketones (excluding diaryl/α,β-unsaturated/α-hetero) is 1. The van der Waals surface area contributed by atoms with E-state index in [0.29, 0.717) is 39.2 Å². The molecule has 0 bridgehead atoms. The molecule has 54 heavy (non-hydrogen) atoms. The number of amides is 3. The zero-order valence-corrected chi connectivity index (χ0v) is 33.0. The number of carbonyl (C=O) groups excluding carboxylic acids is 4. The fraction of sp³-hybridized carbons (Fsp3) is 0.846. The molecule has 0 aromatic carbocycles. The van der Waals surface area contributed by atoms with Crippen LogP contribution in [0.15, 0.2) is 0 Å². The van der Waals surface area contributed by atoms with Crippen LogP contribution in [0.5, 0.6) is 0 Å². The predicted molar refractivity (Wildman–Crippen MR) is 204 cm³/mol. The molecule has 1 unspecified atom stereocenters. The van der Waals surface area contributed by atoms with E-state index in [1.807, 2.05) is 0 Å².